The number of nitrogens with zero attached hydrogens (tertiary/aromatic N) is 14. The van der Waals surface area contributed by atoms with Crippen molar-refractivity contribution in [3.8, 4) is 110 Å². The molecule has 28 nitrogen and oxygen atoms in total. The van der Waals surface area contributed by atoms with E-state index in [1.165, 1.54) is 97.8 Å². The number of hydrogen-bond acceptors (Lipinski definition) is 36. The fourth-order valence-electron chi connectivity index (χ4n) is 15.4. The number of ether oxygens (including phenoxy) is 2. The lowest BCUT2D eigenvalue weighted by atomic mass is 9.95. The Kier molecular flexibility index (Phi) is 36.5. The van der Waals surface area contributed by atoms with Crippen LogP contribution in [-0.4, -0.2) is 144 Å². The molecule has 5 unspecified atom stereocenters. The number of unbranched alkanes of at least 4 members (excludes halogenated alkanes) is 5. The van der Waals surface area contributed by atoms with Gasteiger partial charge in [-0.15, -0.1) is 113 Å². The zero-order valence-electron chi connectivity index (χ0n) is 80.0. The average molecular weight is 2280 g/mol. The Hall–Kier alpha value is -11.1. The summed E-state index contributed by atoms with van der Waals surface area (Å²) in [7, 11) is -0.488. The quantitative estimate of drug-likeness (QED) is 0.0238. The first-order valence-corrected chi connectivity index (χ1v) is 62.0. The van der Waals surface area contributed by atoms with Crippen LogP contribution in [0.15, 0.2) is 211 Å². The molecule has 44 heteroatoms. The number of hydrogen-bond donors (Lipinski definition) is 5. The third-order valence-corrected chi connectivity index (χ3v) is 42.1. The average Bonchev–Trinajstić information content (AvgIpc) is 1.28. The zero-order chi connectivity index (χ0) is 102. The third-order valence-electron chi connectivity index (χ3n) is 22.6. The molecule has 20 aromatic rings. The monoisotopic (exact) mass is 2280 g/mol. The van der Waals surface area contributed by atoms with Gasteiger partial charge in [0.2, 0.25) is 0 Å². The topological polar surface area (TPSA) is 433 Å². The number of thiazole rings is 5. The summed E-state index contributed by atoms with van der Waals surface area (Å²) in [5.41, 5.74) is 46.5. The summed E-state index contributed by atoms with van der Waals surface area (Å²) in [6.45, 7) is 12.4. The van der Waals surface area contributed by atoms with Gasteiger partial charge in [-0.3, -0.25) is 21.0 Å². The number of halogens is 1. The Morgan fingerprint density at radius 1 is 0.366 bits per heavy atom. The third kappa shape index (κ3) is 23.9. The molecule has 0 aliphatic carbocycles. The van der Waals surface area contributed by atoms with Crippen molar-refractivity contribution in [1.82, 2.24) is 68.9 Å². The Balaban J connectivity index is 0.000000130. The number of thiophene rings is 5. The summed E-state index contributed by atoms with van der Waals surface area (Å²) in [6.07, 6.45) is 25.4. The molecule has 0 aliphatic rings. The van der Waals surface area contributed by atoms with Crippen LogP contribution in [0, 0.1) is 0 Å². The summed E-state index contributed by atoms with van der Waals surface area (Å²) >= 11 is 18.0. The number of nitrogen functional groups attached to an aromatic ring is 5. The van der Waals surface area contributed by atoms with Crippen molar-refractivity contribution in [2.75, 3.05) is 71.1 Å². The number of fused-ring (bicyclic) bond motifs is 5. The van der Waals surface area contributed by atoms with E-state index in [0.29, 0.717) is 107 Å². The Bertz CT molecular complexity index is 8070. The highest BCUT2D eigenvalue weighted by Crippen LogP contribution is 2.51. The molecule has 10 N–H and O–H groups in total. The van der Waals surface area contributed by atoms with Gasteiger partial charge in [0.05, 0.1) is 107 Å². The fourth-order valence-corrected chi connectivity index (χ4v) is 32.7. The van der Waals surface area contributed by atoms with Gasteiger partial charge in [0.15, 0.2) is 5.82 Å². The van der Waals surface area contributed by atoms with Crippen LogP contribution in [0.25, 0.3) is 161 Å². The largest absolute Gasteiger partial charge is 0.465 e. The summed E-state index contributed by atoms with van der Waals surface area (Å²) in [5.74, 6) is 3.69. The highest BCUT2D eigenvalue weighted by molar-refractivity contribution is 9.10. The smallest absolute Gasteiger partial charge is 0.341 e. The maximum absolute atomic E-state index is 13.3. The minimum Gasteiger partial charge on any atom is -0.465 e. The van der Waals surface area contributed by atoms with E-state index < -0.39 is 65.9 Å². The standard InChI is InChI=1S/C23H22BrN3O3S3.C22H21N3O3S3.C21H22N4OS2.C18H19N5OS3.C17H16N4OS4/c1-3-5-12-33(29)23-18(25)16-15(13-6-8-14(24)9-7-13)17(22(28)30-4-2)19(27-20(16)32-23)21-26-10-11-31-21;1-3-4-11-31(27)22-18(23)17-15(13-5-7-14(8-6-13)21(26)28-2)12-16(25-20(17)30-22)19-24-9-10-29-19;1-3-4-12-28(26)21-18(22)17-15(14-8-6-5-7-9-14)13-16(24-20(17)27-21)19-23-10-11-25(19)2;1-3-4-9-27(24)18-14(19)13-11(15-20-5-7-23(15)2)10-12(22-17(13)26-18)16-21-6-8-25-16;1-2-3-8-26(22)17-13(18)12-10(14-19-4-6-23-14)9-11(21-16(12)25-17)15-20-5-7-24-15/h6-11H,3-5,12,25H2,1-2H3;5-10,12H,3-4,11,23H2,1-2H3;5-11,13H,3-4,12,22H2,1-2H3;5-8,10H,3-4,9,19H2,1-2H3;4-7,9H,2-3,8,18H2,1H3. The van der Waals surface area contributed by atoms with Gasteiger partial charge >= 0.3 is 11.9 Å². The van der Waals surface area contributed by atoms with Crippen LogP contribution < -0.4 is 28.7 Å². The van der Waals surface area contributed by atoms with Gasteiger partial charge in [0, 0.05) is 174 Å². The Labute approximate surface area is 897 Å². The minimum atomic E-state index is -1.24. The van der Waals surface area contributed by atoms with Crippen molar-refractivity contribution < 1.29 is 40.1 Å². The highest BCUT2D eigenvalue weighted by Gasteiger charge is 2.33. The molecule has 5 atom stereocenters. The zero-order valence-corrected chi connectivity index (χ0v) is 93.9. The van der Waals surface area contributed by atoms with Gasteiger partial charge in [-0.1, -0.05) is 137 Å². The van der Waals surface area contributed by atoms with Crippen LogP contribution in [0.2, 0.25) is 0 Å². The van der Waals surface area contributed by atoms with Gasteiger partial charge in [-0.25, -0.2) is 69.4 Å². The summed E-state index contributed by atoms with van der Waals surface area (Å²) < 4.78 is 82.6. The SMILES string of the molecule is CCCCS(=O)c1sc2nc(-c3nccn3C)cc(-c3ccccc3)c2c1N.CCCCS(=O)c1sc2nc(-c3nccs3)c(C(=O)OCC)c(-c3ccc(Br)cc3)c2c1N.CCCCS(=O)c1sc2nc(-c3nccs3)cc(-c3ccc(C(=O)OC)cc3)c2c1N.CCCCS(=O)c1sc2nc(-c3nccs3)cc(-c3nccn3C)c2c1N.CCCCS(=O)c1sc2nc(-c3nccs3)cc(-c3nccs3)c2c1N. The predicted molar refractivity (Wildman–Crippen MR) is 612 cm³/mol. The molecule has 750 valence electrons. The highest BCUT2D eigenvalue weighted by atomic mass is 79.9. The molecular weight excluding hydrogens is 2180 g/mol. The second-order valence-corrected chi connectivity index (χ2v) is 51.6. The van der Waals surface area contributed by atoms with Crippen molar-refractivity contribution in [2.45, 2.75) is 127 Å². The number of imidazole rings is 2. The number of nitrogens with two attached hydrogens (primary N) is 5. The lowest BCUT2D eigenvalue weighted by Gasteiger charge is -2.15. The van der Waals surface area contributed by atoms with E-state index in [1.54, 1.807) is 85.1 Å². The van der Waals surface area contributed by atoms with Crippen LogP contribution in [0.3, 0.4) is 0 Å². The van der Waals surface area contributed by atoms with Crippen molar-refractivity contribution >= 4 is 275 Å². The molecule has 0 spiro atoms. The molecule has 17 aromatic heterocycles. The van der Waals surface area contributed by atoms with Crippen LogP contribution in [0.1, 0.15) is 126 Å². The van der Waals surface area contributed by atoms with E-state index >= 15 is 0 Å². The van der Waals surface area contributed by atoms with Gasteiger partial charge < -0.3 is 47.3 Å². The first-order valence-electron chi connectivity index (χ1n) is 46.1. The summed E-state index contributed by atoms with van der Waals surface area (Å²) in [6, 6.07) is 32.9. The molecule has 20 rings (SSSR count). The van der Waals surface area contributed by atoms with Gasteiger partial charge in [0.1, 0.15) is 105 Å². The number of benzene rings is 3. The first-order chi connectivity index (χ1) is 70.4. The van der Waals surface area contributed by atoms with Gasteiger partial charge in [0.25, 0.3) is 0 Å². The van der Waals surface area contributed by atoms with Crippen molar-refractivity contribution in [3.05, 3.63) is 201 Å². The molecule has 0 amide bonds. The molecule has 145 heavy (non-hydrogen) atoms. The van der Waals surface area contributed by atoms with Crippen LogP contribution in [0.4, 0.5) is 28.4 Å². The van der Waals surface area contributed by atoms with E-state index in [4.69, 9.17) is 63.1 Å². The van der Waals surface area contributed by atoms with Crippen LogP contribution >= 0.6 is 129 Å². The van der Waals surface area contributed by atoms with Crippen LogP contribution in [0.5, 0.6) is 0 Å². The Morgan fingerprint density at radius 2 is 0.703 bits per heavy atom. The molecule has 0 aliphatic heterocycles. The number of anilines is 5. The lowest BCUT2D eigenvalue weighted by Crippen LogP contribution is -2.10. The van der Waals surface area contributed by atoms with Crippen LogP contribution in [-0.2, 0) is 77.6 Å². The maximum Gasteiger partial charge on any atom is 0.341 e. The number of pyridine rings is 5. The van der Waals surface area contributed by atoms with Crippen molar-refractivity contribution in [2.24, 2.45) is 14.1 Å². The molecule has 0 saturated carbocycles. The Morgan fingerprint density at radius 3 is 1.08 bits per heavy atom. The number of methoxy groups -OCH3 is 1. The first kappa shape index (κ1) is 107. The molecule has 3 aromatic carbocycles. The van der Waals surface area contributed by atoms with E-state index in [2.05, 4.69) is 97.6 Å². The molecular formula is C101H100BrN19O9S15. The number of esters is 2. The number of carbonyl (C=O) groups excluding carboxylic acids is 2. The predicted octanol–water partition coefficient (Wildman–Crippen LogP) is 26.1. The molecule has 0 fully saturated rings. The van der Waals surface area contributed by atoms with Gasteiger partial charge in [-0.05, 0) is 115 Å². The summed E-state index contributed by atoms with van der Waals surface area (Å²) in [4.78, 5) is 83.7. The lowest BCUT2D eigenvalue weighted by molar-refractivity contribution is 0.0526. The van der Waals surface area contributed by atoms with E-state index in [-0.39, 0.29) is 6.61 Å². The number of carbonyl (C=O) groups is 2. The van der Waals surface area contributed by atoms with E-state index in [9.17, 15) is 30.6 Å². The maximum atomic E-state index is 13.3. The van der Waals surface area contributed by atoms with E-state index in [1.807, 2.05) is 141 Å². The molecule has 0 bridgehead atoms. The second-order valence-electron chi connectivity index (χ2n) is 32.4. The van der Waals surface area contributed by atoms with Gasteiger partial charge in [-0.2, -0.15) is 0 Å². The van der Waals surface area contributed by atoms with Crippen molar-refractivity contribution in [1.29, 1.82) is 0 Å². The molecule has 17 heterocycles. The molecule has 0 saturated heterocycles. The number of rotatable bonds is 33. The summed E-state index contributed by atoms with van der Waals surface area (Å²) in [5, 5.41) is 17.5. The van der Waals surface area contributed by atoms with E-state index in [0.717, 1.165) is 211 Å². The fraction of sp³-hybridized carbons (Fsp3) is 0.248. The minimum absolute atomic E-state index is 0.222. The number of aryl methyl sites for hydroxylation is 2. The number of aromatic nitrogens is 14. The molecule has 0 radical (unpaired) electrons. The van der Waals surface area contributed by atoms with Crippen molar-refractivity contribution in [3.63, 3.8) is 0 Å². The normalized spacial score (nSPS) is 12.4. The second kappa shape index (κ2) is 49.6.